The fraction of sp³-hybridized carbons (Fsp3) is 0.0455. The molecule has 3 aromatic carbocycles. The highest BCUT2D eigenvalue weighted by Gasteiger charge is 2.13. The zero-order valence-corrected chi connectivity index (χ0v) is 15.4. The summed E-state index contributed by atoms with van der Waals surface area (Å²) in [6, 6.07) is 18.1. The van der Waals surface area contributed by atoms with Crippen LogP contribution in [0, 0.1) is 0 Å². The maximum atomic E-state index is 12.5. The van der Waals surface area contributed by atoms with E-state index in [1.807, 2.05) is 30.3 Å². The molecule has 0 saturated carbocycles. The van der Waals surface area contributed by atoms with E-state index in [0.717, 1.165) is 26.4 Å². The lowest BCUT2D eigenvalue weighted by atomic mass is 10.0. The van der Waals surface area contributed by atoms with E-state index in [4.69, 9.17) is 9.15 Å². The molecule has 5 rings (SSSR count). The van der Waals surface area contributed by atoms with Crippen molar-refractivity contribution in [1.29, 1.82) is 0 Å². The quantitative estimate of drug-likeness (QED) is 0.250. The van der Waals surface area contributed by atoms with Crippen LogP contribution < -0.4 is 5.63 Å². The number of benzene rings is 3. The van der Waals surface area contributed by atoms with Gasteiger partial charge in [-0.3, -0.25) is 0 Å². The fourth-order valence-corrected chi connectivity index (χ4v) is 4.06. The van der Waals surface area contributed by atoms with E-state index in [2.05, 4.69) is 4.98 Å². The van der Waals surface area contributed by atoms with Gasteiger partial charge in [-0.1, -0.05) is 30.3 Å². The third-order valence-corrected chi connectivity index (χ3v) is 5.43. The third kappa shape index (κ3) is 2.84. The molecule has 28 heavy (non-hydrogen) atoms. The van der Waals surface area contributed by atoms with Crippen molar-refractivity contribution in [1.82, 2.24) is 4.98 Å². The van der Waals surface area contributed by atoms with Gasteiger partial charge in [0.05, 0.1) is 21.3 Å². The molecule has 5 nitrogen and oxygen atoms in total. The average molecular weight is 387 g/mol. The molecule has 0 amide bonds. The Morgan fingerprint density at radius 1 is 1.07 bits per heavy atom. The summed E-state index contributed by atoms with van der Waals surface area (Å²) in [6.07, 6.45) is 0. The zero-order chi connectivity index (χ0) is 19.1. The highest BCUT2D eigenvalue weighted by molar-refractivity contribution is 7.16. The summed E-state index contributed by atoms with van der Waals surface area (Å²) < 4.78 is 11.8. The predicted molar refractivity (Wildman–Crippen MR) is 109 cm³/mol. The Balaban J connectivity index is 1.53. The van der Waals surface area contributed by atoms with Crippen molar-refractivity contribution in [3.8, 4) is 0 Å². The first-order valence-electron chi connectivity index (χ1n) is 8.64. The molecule has 0 bridgehead atoms. The van der Waals surface area contributed by atoms with Crippen molar-refractivity contribution in [3.05, 3.63) is 87.7 Å². The van der Waals surface area contributed by atoms with Crippen molar-refractivity contribution < 1.29 is 13.9 Å². The van der Waals surface area contributed by atoms with E-state index in [9.17, 15) is 9.59 Å². The molecule has 0 saturated heterocycles. The molecule has 0 unspecified atom stereocenters. The second kappa shape index (κ2) is 6.58. The fourth-order valence-electron chi connectivity index (χ4n) is 3.34. The van der Waals surface area contributed by atoms with Gasteiger partial charge < -0.3 is 9.15 Å². The minimum Gasteiger partial charge on any atom is -0.457 e. The molecular formula is C22H13NO4S. The van der Waals surface area contributed by atoms with Gasteiger partial charge in [0.1, 0.15) is 12.2 Å². The Bertz CT molecular complexity index is 1420. The minimum atomic E-state index is -0.472. The van der Waals surface area contributed by atoms with Gasteiger partial charge in [0.25, 0.3) is 0 Å². The predicted octanol–water partition coefficient (Wildman–Crippen LogP) is 4.91. The lowest BCUT2D eigenvalue weighted by molar-refractivity contribution is 0.0474. The molecule has 0 spiro atoms. The normalized spacial score (nSPS) is 11.3. The Labute approximate surface area is 162 Å². The van der Waals surface area contributed by atoms with Crippen LogP contribution in [0.3, 0.4) is 0 Å². The number of carbonyl (C=O) groups is 1. The van der Waals surface area contributed by atoms with Crippen LogP contribution >= 0.6 is 11.3 Å². The number of thiazole rings is 1. The molecule has 6 heteroatoms. The summed E-state index contributed by atoms with van der Waals surface area (Å²) in [6.45, 7) is -0.0182. The summed E-state index contributed by atoms with van der Waals surface area (Å²) >= 11 is 1.47. The van der Waals surface area contributed by atoms with Gasteiger partial charge in [0.15, 0.2) is 0 Å². The van der Waals surface area contributed by atoms with E-state index in [1.54, 1.807) is 29.8 Å². The summed E-state index contributed by atoms with van der Waals surface area (Å²) in [4.78, 5) is 28.7. The van der Waals surface area contributed by atoms with Crippen LogP contribution in [-0.4, -0.2) is 11.0 Å². The Morgan fingerprint density at radius 2 is 1.96 bits per heavy atom. The lowest BCUT2D eigenvalue weighted by Crippen LogP contribution is -2.08. The van der Waals surface area contributed by atoms with E-state index >= 15 is 0 Å². The Hall–Kier alpha value is -3.51. The average Bonchev–Trinajstić information content (AvgIpc) is 3.19. The summed E-state index contributed by atoms with van der Waals surface area (Å²) in [5, 5.41) is 2.75. The van der Waals surface area contributed by atoms with Crippen LogP contribution in [0.25, 0.3) is 32.0 Å². The van der Waals surface area contributed by atoms with Crippen LogP contribution in [0.5, 0.6) is 0 Å². The number of aromatic nitrogens is 1. The van der Waals surface area contributed by atoms with Gasteiger partial charge in [0.2, 0.25) is 0 Å². The van der Waals surface area contributed by atoms with Gasteiger partial charge in [-0.2, -0.15) is 0 Å². The van der Waals surface area contributed by atoms with Crippen molar-refractivity contribution in [2.24, 2.45) is 0 Å². The van der Waals surface area contributed by atoms with Crippen molar-refractivity contribution in [2.45, 2.75) is 6.61 Å². The van der Waals surface area contributed by atoms with Crippen LogP contribution in [0.1, 0.15) is 15.9 Å². The van der Waals surface area contributed by atoms with Gasteiger partial charge in [0, 0.05) is 17.0 Å². The standard InChI is InChI=1S/C22H13NO4S/c24-20-10-15(21-16-4-2-1-3-13(16)6-8-18(21)27-20)11-26-22(25)14-5-7-17-19(9-14)28-12-23-17/h1-10,12H,11H2. The third-order valence-electron chi connectivity index (χ3n) is 4.64. The molecule has 0 aliphatic rings. The molecule has 0 radical (unpaired) electrons. The van der Waals surface area contributed by atoms with Crippen molar-refractivity contribution >= 4 is 49.3 Å². The van der Waals surface area contributed by atoms with E-state index in [-0.39, 0.29) is 6.61 Å². The minimum absolute atomic E-state index is 0.0182. The summed E-state index contributed by atoms with van der Waals surface area (Å²) in [7, 11) is 0. The number of hydrogen-bond donors (Lipinski definition) is 0. The van der Waals surface area contributed by atoms with Gasteiger partial charge in [-0.05, 0) is 35.0 Å². The number of esters is 1. The zero-order valence-electron chi connectivity index (χ0n) is 14.5. The van der Waals surface area contributed by atoms with Gasteiger partial charge >= 0.3 is 11.6 Å². The smallest absolute Gasteiger partial charge is 0.338 e. The number of carbonyl (C=O) groups excluding carboxylic acids is 1. The number of hydrogen-bond acceptors (Lipinski definition) is 6. The topological polar surface area (TPSA) is 69.4 Å². The van der Waals surface area contributed by atoms with Crippen LogP contribution in [0.2, 0.25) is 0 Å². The monoisotopic (exact) mass is 387 g/mol. The molecular weight excluding hydrogens is 374 g/mol. The van der Waals surface area contributed by atoms with Crippen LogP contribution in [-0.2, 0) is 11.3 Å². The van der Waals surface area contributed by atoms with Crippen LogP contribution in [0.15, 0.2) is 75.4 Å². The van der Waals surface area contributed by atoms with Crippen molar-refractivity contribution in [2.75, 3.05) is 0 Å². The SMILES string of the molecule is O=C(OCc1cc(=O)oc2ccc3ccccc3c12)c1ccc2ncsc2c1. The first-order valence-corrected chi connectivity index (χ1v) is 9.52. The van der Waals surface area contributed by atoms with E-state index < -0.39 is 11.6 Å². The summed E-state index contributed by atoms with van der Waals surface area (Å²) in [5.74, 6) is -0.447. The number of rotatable bonds is 3. The molecule has 5 aromatic rings. The molecule has 0 atom stereocenters. The maximum absolute atomic E-state index is 12.5. The summed E-state index contributed by atoms with van der Waals surface area (Å²) in [5.41, 5.74) is 3.66. The highest BCUT2D eigenvalue weighted by Crippen LogP contribution is 2.28. The second-order valence-corrected chi connectivity index (χ2v) is 7.25. The van der Waals surface area contributed by atoms with E-state index in [1.165, 1.54) is 17.4 Å². The van der Waals surface area contributed by atoms with Crippen molar-refractivity contribution in [3.63, 3.8) is 0 Å². The Kier molecular flexibility index (Phi) is 3.91. The second-order valence-electron chi connectivity index (χ2n) is 6.36. The molecule has 0 aliphatic carbocycles. The highest BCUT2D eigenvalue weighted by atomic mass is 32.1. The molecule has 0 N–H and O–H groups in total. The molecule has 136 valence electrons. The first-order chi connectivity index (χ1) is 13.7. The largest absolute Gasteiger partial charge is 0.457 e. The van der Waals surface area contributed by atoms with Crippen LogP contribution in [0.4, 0.5) is 0 Å². The van der Waals surface area contributed by atoms with Gasteiger partial charge in [-0.25, -0.2) is 14.6 Å². The number of fused-ring (bicyclic) bond motifs is 4. The number of nitrogens with zero attached hydrogens (tertiary/aromatic N) is 1. The van der Waals surface area contributed by atoms with E-state index in [0.29, 0.717) is 16.7 Å². The Morgan fingerprint density at radius 3 is 2.89 bits per heavy atom. The molecule has 0 aliphatic heterocycles. The first kappa shape index (κ1) is 16.6. The molecule has 2 heterocycles. The molecule has 2 aromatic heterocycles. The maximum Gasteiger partial charge on any atom is 0.338 e. The number of ether oxygens (including phenoxy) is 1. The molecule has 0 fully saturated rings. The van der Waals surface area contributed by atoms with Gasteiger partial charge in [-0.15, -0.1) is 11.3 Å². The lowest BCUT2D eigenvalue weighted by Gasteiger charge is -2.09.